The largest absolute Gasteiger partial charge is 0.497 e. The van der Waals surface area contributed by atoms with Crippen molar-refractivity contribution in [1.82, 2.24) is 24.5 Å². The van der Waals surface area contributed by atoms with E-state index in [0.29, 0.717) is 25.5 Å². The van der Waals surface area contributed by atoms with Gasteiger partial charge in [0.15, 0.2) is 0 Å². The summed E-state index contributed by atoms with van der Waals surface area (Å²) in [5.74, 6) is 0.814. The second-order valence-electron chi connectivity index (χ2n) is 7.34. The van der Waals surface area contributed by atoms with E-state index >= 15 is 0 Å². The first-order valence-corrected chi connectivity index (χ1v) is 10.7. The smallest absolute Gasteiger partial charge is 0.274 e. The van der Waals surface area contributed by atoms with Crippen LogP contribution in [-0.2, 0) is 6.67 Å². The zero-order valence-corrected chi connectivity index (χ0v) is 19.0. The monoisotopic (exact) mass is 472 g/mol. The molecule has 3 heterocycles. The zero-order valence-electron chi connectivity index (χ0n) is 17.4. The number of rotatable bonds is 5. The van der Waals surface area contributed by atoms with Crippen LogP contribution < -0.4 is 9.64 Å². The van der Waals surface area contributed by atoms with E-state index in [1.54, 1.807) is 17.9 Å². The molecule has 0 N–H and O–H groups in total. The van der Waals surface area contributed by atoms with E-state index in [1.165, 1.54) is 0 Å². The second kappa shape index (κ2) is 8.51. The van der Waals surface area contributed by atoms with E-state index < -0.39 is 0 Å². The van der Waals surface area contributed by atoms with E-state index in [1.807, 2.05) is 41.8 Å². The number of nitrogens with zero attached hydrogens (tertiary/aromatic N) is 6. The van der Waals surface area contributed by atoms with Crippen LogP contribution in [0.15, 0.2) is 41.0 Å². The minimum Gasteiger partial charge on any atom is -0.497 e. The fourth-order valence-corrected chi connectivity index (χ4v) is 3.91. The molecule has 4 rings (SSSR count). The van der Waals surface area contributed by atoms with Gasteiger partial charge in [0.05, 0.1) is 23.0 Å². The van der Waals surface area contributed by atoms with Gasteiger partial charge in [0, 0.05) is 38.1 Å². The summed E-state index contributed by atoms with van der Waals surface area (Å²) in [7, 11) is 1.66. The number of amides is 1. The molecule has 1 fully saturated rings. The molecule has 8 nitrogen and oxygen atoms in total. The van der Waals surface area contributed by atoms with E-state index in [0.717, 1.165) is 40.4 Å². The number of anilines is 1. The summed E-state index contributed by atoms with van der Waals surface area (Å²) < 4.78 is 9.83. The summed E-state index contributed by atoms with van der Waals surface area (Å²) in [5.41, 5.74) is 3.58. The van der Waals surface area contributed by atoms with Crippen LogP contribution in [0.5, 0.6) is 5.75 Å². The summed E-state index contributed by atoms with van der Waals surface area (Å²) in [6.07, 6.45) is 1.82. The van der Waals surface area contributed by atoms with E-state index in [-0.39, 0.29) is 5.91 Å². The topological polar surface area (TPSA) is 68.4 Å². The zero-order chi connectivity index (χ0) is 21.3. The average Bonchev–Trinajstić information content (AvgIpc) is 3.34. The molecule has 158 valence electrons. The number of hydrogen-bond acceptors (Lipinski definition) is 5. The Morgan fingerprint density at radius 2 is 1.77 bits per heavy atom. The molecule has 0 aliphatic carbocycles. The maximum Gasteiger partial charge on any atom is 0.274 e. The van der Waals surface area contributed by atoms with Crippen LogP contribution in [-0.4, -0.2) is 63.7 Å². The van der Waals surface area contributed by atoms with Crippen molar-refractivity contribution in [3.05, 3.63) is 58.1 Å². The van der Waals surface area contributed by atoms with Gasteiger partial charge < -0.3 is 14.5 Å². The number of methoxy groups -OCH3 is 1. The lowest BCUT2D eigenvalue weighted by Crippen LogP contribution is -2.48. The molecule has 1 aliphatic heterocycles. The molecule has 9 heteroatoms. The van der Waals surface area contributed by atoms with Gasteiger partial charge in [-0.3, -0.25) is 9.48 Å². The Kier molecular flexibility index (Phi) is 5.80. The number of hydrogen-bond donors (Lipinski definition) is 0. The lowest BCUT2D eigenvalue weighted by Gasteiger charge is -2.35. The van der Waals surface area contributed by atoms with Gasteiger partial charge in [0.25, 0.3) is 5.91 Å². The lowest BCUT2D eigenvalue weighted by molar-refractivity contribution is 0.0739. The van der Waals surface area contributed by atoms with E-state index in [4.69, 9.17) is 4.74 Å². The molecule has 30 heavy (non-hydrogen) atoms. The van der Waals surface area contributed by atoms with Crippen LogP contribution in [0.25, 0.3) is 0 Å². The molecule has 1 amide bonds. The number of aryl methyl sites for hydroxylation is 1. The standard InChI is InChI=1S/C21H25BrN6O2/c1-15-20(22)16(2)28(23-15)14-27-9-8-19(24-27)21(29)26-12-10-25(11-13-26)17-4-6-18(30-3)7-5-17/h4-9H,10-14H2,1-3H3. The van der Waals surface area contributed by atoms with Gasteiger partial charge in [0.1, 0.15) is 18.1 Å². The van der Waals surface area contributed by atoms with Gasteiger partial charge in [-0.1, -0.05) is 0 Å². The molecule has 0 saturated carbocycles. The van der Waals surface area contributed by atoms with Gasteiger partial charge >= 0.3 is 0 Å². The highest BCUT2D eigenvalue weighted by Gasteiger charge is 2.24. The Balaban J connectivity index is 1.37. The highest BCUT2D eigenvalue weighted by atomic mass is 79.9. The van der Waals surface area contributed by atoms with Crippen molar-refractivity contribution >= 4 is 27.5 Å². The van der Waals surface area contributed by atoms with Crippen LogP contribution in [0.4, 0.5) is 5.69 Å². The Labute approximate surface area is 184 Å². The third-order valence-electron chi connectivity index (χ3n) is 5.44. The second-order valence-corrected chi connectivity index (χ2v) is 8.14. The maximum atomic E-state index is 12.9. The van der Waals surface area contributed by atoms with Gasteiger partial charge in [-0.05, 0) is 60.1 Å². The number of ether oxygens (including phenoxy) is 1. The van der Waals surface area contributed by atoms with Crippen molar-refractivity contribution in [1.29, 1.82) is 0 Å². The summed E-state index contributed by atoms with van der Waals surface area (Å²) >= 11 is 3.54. The van der Waals surface area contributed by atoms with Crippen molar-refractivity contribution in [2.24, 2.45) is 0 Å². The SMILES string of the molecule is COc1ccc(N2CCN(C(=O)c3ccn(Cn4nc(C)c(Br)c4C)n3)CC2)cc1. The first kappa shape index (κ1) is 20.5. The molecule has 0 unspecified atom stereocenters. The van der Waals surface area contributed by atoms with Crippen LogP contribution in [0.3, 0.4) is 0 Å². The van der Waals surface area contributed by atoms with Crippen LogP contribution in [0, 0.1) is 13.8 Å². The molecule has 0 atom stereocenters. The summed E-state index contributed by atoms with van der Waals surface area (Å²) in [6, 6.07) is 9.80. The number of aromatic nitrogens is 4. The molecule has 0 bridgehead atoms. The van der Waals surface area contributed by atoms with E-state index in [2.05, 4.69) is 43.2 Å². The molecule has 0 spiro atoms. The molecule has 1 saturated heterocycles. The van der Waals surface area contributed by atoms with Gasteiger partial charge in [-0.25, -0.2) is 4.68 Å². The Morgan fingerprint density at radius 3 is 2.37 bits per heavy atom. The van der Waals surface area contributed by atoms with Crippen molar-refractivity contribution in [3.63, 3.8) is 0 Å². The number of carbonyl (C=O) groups is 1. The highest BCUT2D eigenvalue weighted by molar-refractivity contribution is 9.10. The van der Waals surface area contributed by atoms with Crippen LogP contribution in [0.1, 0.15) is 21.9 Å². The van der Waals surface area contributed by atoms with Gasteiger partial charge in [0.2, 0.25) is 0 Å². The quantitative estimate of drug-likeness (QED) is 0.570. The number of halogens is 1. The molecule has 2 aromatic heterocycles. The molecular weight excluding hydrogens is 448 g/mol. The van der Waals surface area contributed by atoms with Crippen molar-refractivity contribution in [2.45, 2.75) is 20.5 Å². The van der Waals surface area contributed by atoms with Crippen molar-refractivity contribution in [2.75, 3.05) is 38.2 Å². The Hall–Kier alpha value is -2.81. The Bertz CT molecular complexity index is 1030. The summed E-state index contributed by atoms with van der Waals surface area (Å²) in [4.78, 5) is 17.1. The third kappa shape index (κ3) is 4.07. The molecule has 1 aliphatic rings. The average molecular weight is 473 g/mol. The molecular formula is C21H25BrN6O2. The predicted molar refractivity (Wildman–Crippen MR) is 118 cm³/mol. The molecule has 1 aromatic carbocycles. The minimum absolute atomic E-state index is 0.0299. The Morgan fingerprint density at radius 1 is 1.07 bits per heavy atom. The lowest BCUT2D eigenvalue weighted by atomic mass is 10.2. The third-order valence-corrected chi connectivity index (χ3v) is 6.58. The summed E-state index contributed by atoms with van der Waals surface area (Å²) in [5, 5.41) is 8.98. The predicted octanol–water partition coefficient (Wildman–Crippen LogP) is 2.94. The maximum absolute atomic E-state index is 12.9. The van der Waals surface area contributed by atoms with Crippen molar-refractivity contribution in [3.8, 4) is 5.75 Å². The first-order chi connectivity index (χ1) is 14.5. The number of piperazine rings is 1. The van der Waals surface area contributed by atoms with Crippen molar-refractivity contribution < 1.29 is 9.53 Å². The van der Waals surface area contributed by atoms with Gasteiger partial charge in [-0.15, -0.1) is 0 Å². The molecule has 3 aromatic rings. The molecule has 0 radical (unpaired) electrons. The fraction of sp³-hybridized carbons (Fsp3) is 0.381. The minimum atomic E-state index is -0.0299. The normalized spacial score (nSPS) is 14.3. The van der Waals surface area contributed by atoms with Crippen LogP contribution >= 0.6 is 15.9 Å². The highest BCUT2D eigenvalue weighted by Crippen LogP contribution is 2.21. The number of benzene rings is 1. The summed E-state index contributed by atoms with van der Waals surface area (Å²) in [6.45, 7) is 7.34. The van der Waals surface area contributed by atoms with E-state index in [9.17, 15) is 4.79 Å². The fourth-order valence-electron chi connectivity index (χ4n) is 3.63. The first-order valence-electron chi connectivity index (χ1n) is 9.87. The number of carbonyl (C=O) groups excluding carboxylic acids is 1. The van der Waals surface area contributed by atoms with Crippen LogP contribution in [0.2, 0.25) is 0 Å². The van der Waals surface area contributed by atoms with Gasteiger partial charge in [-0.2, -0.15) is 10.2 Å².